The lowest BCUT2D eigenvalue weighted by atomic mass is 10.1. The fourth-order valence-corrected chi connectivity index (χ4v) is 1.83. The second-order valence-electron chi connectivity index (χ2n) is 4.37. The molecule has 0 bridgehead atoms. The first-order valence-electron chi connectivity index (χ1n) is 6.90. The van der Waals surface area contributed by atoms with Gasteiger partial charge in [0.2, 0.25) is 0 Å². The maximum atomic E-state index is 5.30. The van der Waals surface area contributed by atoms with E-state index in [1.54, 1.807) is 21.3 Å². The number of ether oxygens (including phenoxy) is 2. The minimum Gasteiger partial charge on any atom is -0.493 e. The molecule has 0 aliphatic rings. The molecule has 0 saturated heterocycles. The number of nitrogens with zero attached hydrogens (tertiary/aromatic N) is 1. The van der Waals surface area contributed by atoms with Crippen molar-refractivity contribution >= 4 is 5.96 Å². The van der Waals surface area contributed by atoms with Crippen molar-refractivity contribution in [1.82, 2.24) is 10.6 Å². The highest BCUT2D eigenvalue weighted by Crippen LogP contribution is 2.27. The Morgan fingerprint density at radius 1 is 1.10 bits per heavy atom. The first-order valence-corrected chi connectivity index (χ1v) is 6.90. The molecule has 0 atom stereocenters. The van der Waals surface area contributed by atoms with Crippen LogP contribution >= 0.6 is 0 Å². The van der Waals surface area contributed by atoms with E-state index >= 15 is 0 Å². The number of hydrogen-bond acceptors (Lipinski definition) is 3. The minimum atomic E-state index is 0.754. The van der Waals surface area contributed by atoms with E-state index < -0.39 is 0 Å². The van der Waals surface area contributed by atoms with Crippen molar-refractivity contribution in [2.24, 2.45) is 4.99 Å². The van der Waals surface area contributed by atoms with Crippen LogP contribution in [0.5, 0.6) is 11.5 Å². The molecule has 112 valence electrons. The first-order chi connectivity index (χ1) is 9.74. The highest BCUT2D eigenvalue weighted by Gasteiger charge is 2.04. The minimum absolute atomic E-state index is 0.754. The van der Waals surface area contributed by atoms with Crippen LogP contribution < -0.4 is 20.1 Å². The van der Waals surface area contributed by atoms with Crippen molar-refractivity contribution in [3.8, 4) is 11.5 Å². The summed E-state index contributed by atoms with van der Waals surface area (Å²) in [6.45, 7) is 3.87. The zero-order valence-corrected chi connectivity index (χ0v) is 12.8. The van der Waals surface area contributed by atoms with Crippen molar-refractivity contribution in [2.75, 3.05) is 34.4 Å². The van der Waals surface area contributed by atoms with Gasteiger partial charge in [-0.3, -0.25) is 4.99 Å². The van der Waals surface area contributed by atoms with Crippen LogP contribution in [0.2, 0.25) is 0 Å². The Balaban J connectivity index is 2.49. The van der Waals surface area contributed by atoms with E-state index in [2.05, 4.69) is 22.5 Å². The van der Waals surface area contributed by atoms with E-state index in [1.165, 1.54) is 5.56 Å². The lowest BCUT2D eigenvalue weighted by molar-refractivity contribution is 0.354. The van der Waals surface area contributed by atoms with Gasteiger partial charge in [0.1, 0.15) is 0 Å². The van der Waals surface area contributed by atoms with Crippen molar-refractivity contribution < 1.29 is 9.47 Å². The Kier molecular flexibility index (Phi) is 7.32. The van der Waals surface area contributed by atoms with E-state index in [0.29, 0.717) is 0 Å². The highest BCUT2D eigenvalue weighted by atomic mass is 16.5. The van der Waals surface area contributed by atoms with Gasteiger partial charge in [-0.25, -0.2) is 0 Å². The van der Waals surface area contributed by atoms with Crippen LogP contribution in [-0.2, 0) is 6.42 Å². The molecule has 1 rings (SSSR count). The average molecular weight is 279 g/mol. The Morgan fingerprint density at radius 3 is 2.40 bits per heavy atom. The Labute approximate surface area is 121 Å². The third-order valence-corrected chi connectivity index (χ3v) is 2.92. The topological polar surface area (TPSA) is 54.9 Å². The lowest BCUT2D eigenvalue weighted by Gasteiger charge is -2.12. The van der Waals surface area contributed by atoms with E-state index in [1.807, 2.05) is 18.2 Å². The normalized spacial score (nSPS) is 11.1. The number of aliphatic imine (C=N–C) groups is 1. The Hall–Kier alpha value is -1.91. The molecule has 0 unspecified atom stereocenters. The standard InChI is InChI=1S/C15H25N3O2/c1-5-9-17-15(16-2)18-10-8-12-6-7-13(19-3)14(11-12)20-4/h6-7,11H,5,8-10H2,1-4H3,(H2,16,17,18). The predicted molar refractivity (Wildman–Crippen MR) is 82.9 cm³/mol. The van der Waals surface area contributed by atoms with E-state index in [-0.39, 0.29) is 0 Å². The Morgan fingerprint density at radius 2 is 1.80 bits per heavy atom. The molecule has 0 radical (unpaired) electrons. The van der Waals surface area contributed by atoms with Gasteiger partial charge in [-0.15, -0.1) is 0 Å². The largest absolute Gasteiger partial charge is 0.493 e. The fraction of sp³-hybridized carbons (Fsp3) is 0.533. The molecule has 1 aromatic carbocycles. The number of methoxy groups -OCH3 is 2. The molecule has 0 amide bonds. The zero-order valence-electron chi connectivity index (χ0n) is 12.8. The van der Waals surface area contributed by atoms with Crippen molar-refractivity contribution in [2.45, 2.75) is 19.8 Å². The molecule has 0 aliphatic carbocycles. The SMILES string of the molecule is CCCNC(=NC)NCCc1ccc(OC)c(OC)c1. The van der Waals surface area contributed by atoms with Crippen LogP contribution in [0.3, 0.4) is 0 Å². The summed E-state index contributed by atoms with van der Waals surface area (Å²) in [5.74, 6) is 2.36. The maximum Gasteiger partial charge on any atom is 0.190 e. The summed E-state index contributed by atoms with van der Waals surface area (Å²) < 4.78 is 10.5. The summed E-state index contributed by atoms with van der Waals surface area (Å²) in [4.78, 5) is 4.17. The predicted octanol–water partition coefficient (Wildman–Crippen LogP) is 1.82. The quantitative estimate of drug-likeness (QED) is 0.590. The Bertz CT molecular complexity index is 433. The maximum absolute atomic E-state index is 5.30. The molecule has 5 heteroatoms. The van der Waals surface area contributed by atoms with Crippen LogP contribution in [0.4, 0.5) is 0 Å². The summed E-state index contributed by atoms with van der Waals surface area (Å²) in [7, 11) is 5.07. The molecule has 0 heterocycles. The van der Waals surface area contributed by atoms with Gasteiger partial charge < -0.3 is 20.1 Å². The number of nitrogens with one attached hydrogen (secondary N) is 2. The molecule has 0 aliphatic heterocycles. The third-order valence-electron chi connectivity index (χ3n) is 2.92. The van der Waals surface area contributed by atoms with Gasteiger partial charge in [0.15, 0.2) is 17.5 Å². The number of benzene rings is 1. The molecule has 20 heavy (non-hydrogen) atoms. The summed E-state index contributed by atoms with van der Waals surface area (Å²) in [5, 5.41) is 6.53. The van der Waals surface area contributed by atoms with Crippen molar-refractivity contribution in [3.05, 3.63) is 23.8 Å². The van der Waals surface area contributed by atoms with Gasteiger partial charge in [0, 0.05) is 20.1 Å². The van der Waals surface area contributed by atoms with Crippen LogP contribution in [0.15, 0.2) is 23.2 Å². The summed E-state index contributed by atoms with van der Waals surface area (Å²) in [5.41, 5.74) is 1.20. The van der Waals surface area contributed by atoms with Crippen LogP contribution in [0.1, 0.15) is 18.9 Å². The van der Waals surface area contributed by atoms with Crippen LogP contribution in [-0.4, -0.2) is 40.3 Å². The van der Waals surface area contributed by atoms with Crippen molar-refractivity contribution in [3.63, 3.8) is 0 Å². The van der Waals surface area contributed by atoms with E-state index in [0.717, 1.165) is 43.4 Å². The summed E-state index contributed by atoms with van der Waals surface area (Å²) in [6.07, 6.45) is 1.98. The highest BCUT2D eigenvalue weighted by molar-refractivity contribution is 5.79. The first kappa shape index (κ1) is 16.1. The second-order valence-corrected chi connectivity index (χ2v) is 4.37. The third kappa shape index (κ3) is 4.99. The zero-order chi connectivity index (χ0) is 14.8. The molecular formula is C15H25N3O2. The number of guanidine groups is 1. The van der Waals surface area contributed by atoms with Crippen LogP contribution in [0, 0.1) is 0 Å². The molecule has 0 spiro atoms. The molecule has 1 aromatic rings. The summed E-state index contributed by atoms with van der Waals surface area (Å²) >= 11 is 0. The van der Waals surface area contributed by atoms with E-state index in [4.69, 9.17) is 9.47 Å². The van der Waals surface area contributed by atoms with Gasteiger partial charge in [-0.2, -0.15) is 0 Å². The summed E-state index contributed by atoms with van der Waals surface area (Å²) in [6, 6.07) is 5.98. The molecule has 5 nitrogen and oxygen atoms in total. The van der Waals surface area contributed by atoms with Gasteiger partial charge in [-0.1, -0.05) is 13.0 Å². The molecular weight excluding hydrogens is 254 g/mol. The van der Waals surface area contributed by atoms with Crippen molar-refractivity contribution in [1.29, 1.82) is 0 Å². The molecule has 0 aromatic heterocycles. The monoisotopic (exact) mass is 279 g/mol. The molecule has 0 fully saturated rings. The van der Waals surface area contributed by atoms with Crippen LogP contribution in [0.25, 0.3) is 0 Å². The fourth-order valence-electron chi connectivity index (χ4n) is 1.83. The smallest absolute Gasteiger partial charge is 0.190 e. The van der Waals surface area contributed by atoms with E-state index in [9.17, 15) is 0 Å². The van der Waals surface area contributed by atoms with Gasteiger partial charge in [0.05, 0.1) is 14.2 Å². The van der Waals surface area contributed by atoms with Gasteiger partial charge in [0.25, 0.3) is 0 Å². The average Bonchev–Trinajstić information content (AvgIpc) is 2.50. The molecule has 2 N–H and O–H groups in total. The van der Waals surface area contributed by atoms with Gasteiger partial charge in [-0.05, 0) is 30.5 Å². The molecule has 0 saturated carbocycles. The second kappa shape index (κ2) is 9.07. The number of hydrogen-bond donors (Lipinski definition) is 2. The van der Waals surface area contributed by atoms with Gasteiger partial charge >= 0.3 is 0 Å². The number of rotatable bonds is 7. The lowest BCUT2D eigenvalue weighted by Crippen LogP contribution is -2.38.